The van der Waals surface area contributed by atoms with Crippen LogP contribution < -0.4 is 9.62 Å². The molecule has 8 heteroatoms. The number of fused-ring (bicyclic) bond motifs is 2. The smallest absolute Gasteiger partial charge is 0.263 e. The maximum Gasteiger partial charge on any atom is 0.263 e. The van der Waals surface area contributed by atoms with Gasteiger partial charge in [-0.2, -0.15) is 5.10 Å². The van der Waals surface area contributed by atoms with Gasteiger partial charge in [-0.25, -0.2) is 8.42 Å². The van der Waals surface area contributed by atoms with Crippen molar-refractivity contribution in [2.24, 2.45) is 10.9 Å². The van der Waals surface area contributed by atoms with Gasteiger partial charge in [0.15, 0.2) is 5.82 Å². The summed E-state index contributed by atoms with van der Waals surface area (Å²) in [6, 6.07) is 9.15. The van der Waals surface area contributed by atoms with Crippen LogP contribution in [0.4, 0.5) is 5.82 Å². The molecular weight excluding hydrogens is 362 g/mol. The van der Waals surface area contributed by atoms with Crippen LogP contribution in [-0.4, -0.2) is 44.1 Å². The molecule has 0 radical (unpaired) electrons. The summed E-state index contributed by atoms with van der Waals surface area (Å²) in [7, 11) is -3.46. The molecule has 27 heavy (non-hydrogen) atoms. The van der Waals surface area contributed by atoms with E-state index < -0.39 is 10.0 Å². The average Bonchev–Trinajstić information content (AvgIpc) is 2.91. The second-order valence-corrected chi connectivity index (χ2v) is 9.09. The molecule has 0 unspecified atom stereocenters. The topological polar surface area (TPSA) is 87.5 Å². The fraction of sp³-hybridized carbons (Fsp3) is 0.421. The average molecular weight is 383 g/mol. The molecule has 1 aromatic carbocycles. The Morgan fingerprint density at radius 2 is 1.96 bits per heavy atom. The number of aliphatic imine (C=N–C) groups is 1. The number of hydrogen-bond acceptors (Lipinski definition) is 6. The number of benzene rings is 1. The SMILES string of the molecule is O=S1(=O)NC(=NCC2CN(c3cc4c(nn3)CCCC4)C2)c2ccccc21. The van der Waals surface area contributed by atoms with E-state index in [9.17, 15) is 8.42 Å². The van der Waals surface area contributed by atoms with E-state index in [1.807, 2.05) is 6.07 Å². The number of anilines is 1. The third-order valence-electron chi connectivity index (χ3n) is 5.51. The second-order valence-electron chi connectivity index (χ2n) is 7.44. The van der Waals surface area contributed by atoms with E-state index in [4.69, 9.17) is 0 Å². The highest BCUT2D eigenvalue weighted by atomic mass is 32.2. The first-order chi connectivity index (χ1) is 13.1. The second kappa shape index (κ2) is 6.30. The van der Waals surface area contributed by atoms with E-state index in [2.05, 4.69) is 30.9 Å². The quantitative estimate of drug-likeness (QED) is 0.868. The molecule has 0 bridgehead atoms. The monoisotopic (exact) mass is 383 g/mol. The lowest BCUT2D eigenvalue weighted by Crippen LogP contribution is -2.49. The summed E-state index contributed by atoms with van der Waals surface area (Å²) >= 11 is 0. The molecule has 3 aliphatic rings. The van der Waals surface area contributed by atoms with Crippen LogP contribution in [0, 0.1) is 5.92 Å². The first-order valence-electron chi connectivity index (χ1n) is 9.37. The van der Waals surface area contributed by atoms with Crippen molar-refractivity contribution >= 4 is 21.7 Å². The van der Waals surface area contributed by atoms with Gasteiger partial charge in [0, 0.05) is 31.1 Å². The minimum absolute atomic E-state index is 0.309. The van der Waals surface area contributed by atoms with Gasteiger partial charge in [0.2, 0.25) is 0 Å². The van der Waals surface area contributed by atoms with E-state index >= 15 is 0 Å². The van der Waals surface area contributed by atoms with Crippen molar-refractivity contribution in [1.29, 1.82) is 0 Å². The summed E-state index contributed by atoms with van der Waals surface area (Å²) in [5.41, 5.74) is 3.15. The number of sulfonamides is 1. The zero-order valence-electron chi connectivity index (χ0n) is 14.9. The van der Waals surface area contributed by atoms with E-state index in [0.717, 1.165) is 37.4 Å². The maximum atomic E-state index is 12.1. The van der Waals surface area contributed by atoms with Crippen molar-refractivity contribution in [2.75, 3.05) is 24.5 Å². The van der Waals surface area contributed by atoms with E-state index in [1.165, 1.54) is 18.4 Å². The molecule has 7 nitrogen and oxygen atoms in total. The van der Waals surface area contributed by atoms with Crippen molar-refractivity contribution in [3.8, 4) is 0 Å². The third kappa shape index (κ3) is 2.97. The molecule has 0 saturated carbocycles. The summed E-state index contributed by atoms with van der Waals surface area (Å²) in [4.78, 5) is 7.07. The highest BCUT2D eigenvalue weighted by molar-refractivity contribution is 7.90. The van der Waals surface area contributed by atoms with Crippen LogP contribution in [-0.2, 0) is 22.9 Å². The Hall–Kier alpha value is -2.48. The van der Waals surface area contributed by atoms with Crippen LogP contribution in [0.15, 0.2) is 40.2 Å². The van der Waals surface area contributed by atoms with Gasteiger partial charge in [-0.3, -0.25) is 9.71 Å². The van der Waals surface area contributed by atoms with Crippen molar-refractivity contribution in [1.82, 2.24) is 14.9 Å². The van der Waals surface area contributed by atoms with Crippen LogP contribution in [0.1, 0.15) is 29.7 Å². The molecular formula is C19H21N5O2S. The minimum atomic E-state index is -3.46. The summed E-state index contributed by atoms with van der Waals surface area (Å²) in [5, 5.41) is 8.78. The molecule has 0 spiro atoms. The predicted molar refractivity (Wildman–Crippen MR) is 103 cm³/mol. The molecule has 0 atom stereocenters. The molecule has 1 aliphatic carbocycles. The Labute approximate surface area is 158 Å². The van der Waals surface area contributed by atoms with Crippen LogP contribution in [0.5, 0.6) is 0 Å². The van der Waals surface area contributed by atoms with Gasteiger partial charge in [0.1, 0.15) is 5.84 Å². The Morgan fingerprint density at radius 3 is 2.85 bits per heavy atom. The molecule has 1 saturated heterocycles. The third-order valence-corrected chi connectivity index (χ3v) is 6.91. The van der Waals surface area contributed by atoms with Crippen LogP contribution in [0.2, 0.25) is 0 Å². The summed E-state index contributed by atoms with van der Waals surface area (Å²) in [6.07, 6.45) is 4.58. The highest BCUT2D eigenvalue weighted by Crippen LogP contribution is 2.27. The minimum Gasteiger partial charge on any atom is -0.354 e. The van der Waals surface area contributed by atoms with Gasteiger partial charge >= 0.3 is 0 Å². The summed E-state index contributed by atoms with van der Waals surface area (Å²) in [5.74, 6) is 1.80. The molecule has 0 amide bonds. The van der Waals surface area contributed by atoms with Gasteiger partial charge in [0.05, 0.1) is 10.6 Å². The van der Waals surface area contributed by atoms with Crippen LogP contribution in [0.25, 0.3) is 0 Å². The van der Waals surface area contributed by atoms with E-state index in [0.29, 0.717) is 28.8 Å². The Bertz CT molecular complexity index is 1030. The number of nitrogens with one attached hydrogen (secondary N) is 1. The molecule has 1 fully saturated rings. The molecule has 3 heterocycles. The Balaban J connectivity index is 1.25. The number of hydrogen-bond donors (Lipinski definition) is 1. The predicted octanol–water partition coefficient (Wildman–Crippen LogP) is 1.53. The van der Waals surface area contributed by atoms with Gasteiger partial charge in [-0.15, -0.1) is 5.10 Å². The molecule has 1 aromatic heterocycles. The van der Waals surface area contributed by atoms with Gasteiger partial charge < -0.3 is 4.90 Å². The molecule has 5 rings (SSSR count). The van der Waals surface area contributed by atoms with Gasteiger partial charge in [-0.1, -0.05) is 12.1 Å². The molecule has 1 N–H and O–H groups in total. The standard InChI is InChI=1S/C19H21N5O2S/c25-27(26)17-8-4-2-6-15(17)19(23-27)20-10-13-11-24(12-13)18-9-14-5-1-3-7-16(14)21-22-18/h2,4,6,8-9,13H,1,3,5,7,10-12H2,(H,20,23). The van der Waals surface area contributed by atoms with E-state index in [-0.39, 0.29) is 0 Å². The van der Waals surface area contributed by atoms with Crippen LogP contribution in [0.3, 0.4) is 0 Å². The van der Waals surface area contributed by atoms with Crippen molar-refractivity contribution < 1.29 is 8.42 Å². The fourth-order valence-corrected chi connectivity index (χ4v) is 5.23. The number of rotatable bonds is 3. The number of aryl methyl sites for hydroxylation is 2. The van der Waals surface area contributed by atoms with Crippen molar-refractivity contribution in [3.63, 3.8) is 0 Å². The summed E-state index contributed by atoms with van der Waals surface area (Å²) < 4.78 is 26.8. The van der Waals surface area contributed by atoms with Gasteiger partial charge in [-0.05, 0) is 49.4 Å². The van der Waals surface area contributed by atoms with Crippen LogP contribution >= 0.6 is 0 Å². The highest BCUT2D eigenvalue weighted by Gasteiger charge is 2.32. The lowest BCUT2D eigenvalue weighted by Gasteiger charge is -2.39. The lowest BCUT2D eigenvalue weighted by molar-refractivity contribution is 0.416. The molecule has 140 valence electrons. The first-order valence-corrected chi connectivity index (χ1v) is 10.9. The molecule has 2 aromatic rings. The Kier molecular flexibility index (Phi) is 3.89. The normalized spacial score (nSPS) is 22.1. The fourth-order valence-electron chi connectivity index (χ4n) is 3.98. The Morgan fingerprint density at radius 1 is 1.15 bits per heavy atom. The zero-order valence-corrected chi connectivity index (χ0v) is 15.7. The first kappa shape index (κ1) is 16.7. The maximum absolute atomic E-state index is 12.1. The van der Waals surface area contributed by atoms with Gasteiger partial charge in [0.25, 0.3) is 10.0 Å². The number of nitrogens with zero attached hydrogens (tertiary/aromatic N) is 4. The summed E-state index contributed by atoms with van der Waals surface area (Å²) in [6.45, 7) is 2.35. The number of amidine groups is 1. The van der Waals surface area contributed by atoms with E-state index in [1.54, 1.807) is 18.2 Å². The largest absolute Gasteiger partial charge is 0.354 e. The van der Waals surface area contributed by atoms with Crippen molar-refractivity contribution in [3.05, 3.63) is 47.2 Å². The van der Waals surface area contributed by atoms with Crippen molar-refractivity contribution in [2.45, 2.75) is 30.6 Å². The lowest BCUT2D eigenvalue weighted by atomic mass is 9.95. The number of aromatic nitrogens is 2. The molecule has 2 aliphatic heterocycles. The zero-order chi connectivity index (χ0) is 18.4.